The van der Waals surface area contributed by atoms with Crippen LogP contribution in [0.2, 0.25) is 0 Å². The molecular weight excluding hydrogens is 893 g/mol. The highest BCUT2D eigenvalue weighted by molar-refractivity contribution is 6.30. The minimum atomic E-state index is 0.795. The Hall–Kier alpha value is -9.58. The van der Waals surface area contributed by atoms with Gasteiger partial charge in [0.2, 0.25) is 0 Å². The number of hydrogen-bond acceptors (Lipinski definition) is 5. The molecule has 3 aromatic heterocycles. The van der Waals surface area contributed by atoms with Crippen molar-refractivity contribution in [3.8, 4) is 22.3 Å². The van der Waals surface area contributed by atoms with Gasteiger partial charge in [0.05, 0.1) is 22.8 Å². The van der Waals surface area contributed by atoms with Crippen molar-refractivity contribution in [2.24, 2.45) is 0 Å². The molecule has 11 aromatic carbocycles. The van der Waals surface area contributed by atoms with Gasteiger partial charge >= 0.3 is 0 Å². The van der Waals surface area contributed by atoms with Crippen molar-refractivity contribution < 1.29 is 13.3 Å². The monoisotopic (exact) mass is 936 g/mol. The molecule has 5 nitrogen and oxygen atoms in total. The number of fused-ring (bicyclic) bond motifs is 13. The van der Waals surface area contributed by atoms with Crippen LogP contribution < -0.4 is 20.4 Å². The molecule has 3 heterocycles. The second-order valence-electron chi connectivity index (χ2n) is 19.0. The standard InChI is InChI=1S/C68H44N2O3/c1-5-21-43(22-6-1)47-33-17-35-53-55-37-19-39-57(67(55)72-65(47)53)69(45-25-9-3-10-26-45)59-41-61-63(51-31-15-13-29-49(51)59)64-52-32-16-14-30-50(52)60(42-62(64)71-61)70(46-27-11-4-12-28-46)58-40-20-38-56-54-36-18-34-48(66(54)73-68(56)58)44-23-7-2-8-24-44/h1-19,21-39,41-42H,20,40H2. The first-order chi connectivity index (χ1) is 36.2. The van der Waals surface area contributed by atoms with E-state index < -0.39 is 0 Å². The van der Waals surface area contributed by atoms with Crippen molar-refractivity contribution >= 4 is 117 Å². The number of rotatable bonds is 8. The van der Waals surface area contributed by atoms with Crippen LogP contribution in [0, 0.1) is 0 Å². The molecule has 0 saturated carbocycles. The minimum absolute atomic E-state index is 0.795. The van der Waals surface area contributed by atoms with E-state index in [1.54, 1.807) is 0 Å². The predicted octanol–water partition coefficient (Wildman–Crippen LogP) is 17.9. The van der Waals surface area contributed by atoms with E-state index in [2.05, 4.69) is 252 Å². The van der Waals surface area contributed by atoms with Crippen molar-refractivity contribution in [2.75, 3.05) is 9.80 Å². The molecular formula is C68H44N2O3. The number of para-hydroxylation sites is 5. The summed E-state index contributed by atoms with van der Waals surface area (Å²) in [4.78, 5) is 4.76. The van der Waals surface area contributed by atoms with Gasteiger partial charge in [-0.1, -0.05) is 200 Å². The van der Waals surface area contributed by atoms with Crippen molar-refractivity contribution in [3.63, 3.8) is 0 Å². The summed E-state index contributed by atoms with van der Waals surface area (Å²) in [5.74, 6) is 0. The first-order valence-electron chi connectivity index (χ1n) is 25.1. The molecule has 0 saturated heterocycles. The summed E-state index contributed by atoms with van der Waals surface area (Å²) in [6.07, 6.45) is 4.02. The van der Waals surface area contributed by atoms with Crippen molar-refractivity contribution in [3.05, 3.63) is 247 Å². The number of hydrogen-bond donors (Lipinski definition) is 0. The van der Waals surface area contributed by atoms with Gasteiger partial charge in [-0.15, -0.1) is 0 Å². The summed E-state index contributed by atoms with van der Waals surface area (Å²) in [6.45, 7) is 0. The smallest absolute Gasteiger partial charge is 0.159 e. The lowest BCUT2D eigenvalue weighted by molar-refractivity contribution is 0.567. The van der Waals surface area contributed by atoms with Crippen LogP contribution in [0.25, 0.3) is 110 Å². The second kappa shape index (κ2) is 16.5. The quantitative estimate of drug-likeness (QED) is 0.152. The highest BCUT2D eigenvalue weighted by Gasteiger charge is 2.28. The Balaban J connectivity index is 0.985. The topological polar surface area (TPSA) is 45.9 Å². The third-order valence-electron chi connectivity index (χ3n) is 14.9. The molecule has 0 unspecified atom stereocenters. The maximum Gasteiger partial charge on any atom is 0.159 e. The van der Waals surface area contributed by atoms with E-state index in [0.29, 0.717) is 0 Å². The normalized spacial score (nSPS) is 12.6. The highest BCUT2D eigenvalue weighted by Crippen LogP contribution is 2.50. The SMILES string of the molecule is C1=c2c(oc3c(-c4ccccc4)cccc23)=C(N(c2ccccc2)c2cc3oc4cc(N(c5ccccc5)c5cccc6c5oc5c(-c7ccccc7)cccc56)c5ccccc5c4c3c3ccccc23)CC1. The van der Waals surface area contributed by atoms with Gasteiger partial charge in [0.1, 0.15) is 22.3 Å². The fraction of sp³-hybridized carbons (Fsp3) is 0.0294. The van der Waals surface area contributed by atoms with Crippen LogP contribution in [0.15, 0.2) is 250 Å². The summed E-state index contributed by atoms with van der Waals surface area (Å²) in [7, 11) is 0. The summed E-state index contributed by atoms with van der Waals surface area (Å²) in [6, 6.07) is 83.9. The lowest BCUT2D eigenvalue weighted by atomic mass is 9.96. The van der Waals surface area contributed by atoms with Crippen LogP contribution in [0.5, 0.6) is 0 Å². The average Bonchev–Trinajstić information content (AvgIpc) is 4.17. The van der Waals surface area contributed by atoms with Crippen LogP contribution in [-0.4, -0.2) is 0 Å². The van der Waals surface area contributed by atoms with Gasteiger partial charge in [-0.25, -0.2) is 0 Å². The molecule has 1 aliphatic carbocycles. The minimum Gasteiger partial charge on any atom is -0.456 e. The molecule has 15 rings (SSSR count). The van der Waals surface area contributed by atoms with Gasteiger partial charge < -0.3 is 23.1 Å². The average molecular weight is 937 g/mol. The van der Waals surface area contributed by atoms with Crippen LogP contribution in [0.1, 0.15) is 12.8 Å². The largest absolute Gasteiger partial charge is 0.456 e. The number of anilines is 5. The van der Waals surface area contributed by atoms with Gasteiger partial charge in [0, 0.05) is 77.6 Å². The Morgan fingerprint density at radius 1 is 0.329 bits per heavy atom. The molecule has 0 radical (unpaired) electrons. The van der Waals surface area contributed by atoms with Crippen LogP contribution >= 0.6 is 0 Å². The van der Waals surface area contributed by atoms with Crippen LogP contribution in [-0.2, 0) is 0 Å². The molecule has 0 N–H and O–H groups in total. The van der Waals surface area contributed by atoms with Gasteiger partial charge in [-0.2, -0.15) is 0 Å². The third kappa shape index (κ3) is 6.42. The van der Waals surface area contributed by atoms with Gasteiger partial charge in [-0.05, 0) is 65.1 Å². The lowest BCUT2D eigenvalue weighted by Gasteiger charge is -2.29. The molecule has 5 heteroatoms. The zero-order valence-electron chi connectivity index (χ0n) is 39.6. The van der Waals surface area contributed by atoms with Crippen molar-refractivity contribution in [1.29, 1.82) is 0 Å². The van der Waals surface area contributed by atoms with E-state index in [-0.39, 0.29) is 0 Å². The Morgan fingerprint density at radius 3 is 1.37 bits per heavy atom. The van der Waals surface area contributed by atoms with Gasteiger partial charge in [-0.3, -0.25) is 0 Å². The maximum atomic E-state index is 7.31. The fourth-order valence-corrected chi connectivity index (χ4v) is 11.7. The van der Waals surface area contributed by atoms with Crippen LogP contribution in [0.3, 0.4) is 0 Å². The van der Waals surface area contributed by atoms with E-state index in [0.717, 1.165) is 156 Å². The summed E-state index contributed by atoms with van der Waals surface area (Å²) >= 11 is 0. The molecule has 0 bridgehead atoms. The third-order valence-corrected chi connectivity index (χ3v) is 14.9. The Morgan fingerprint density at radius 2 is 0.781 bits per heavy atom. The Kier molecular flexibility index (Phi) is 9.32. The van der Waals surface area contributed by atoms with Gasteiger partial charge in [0.25, 0.3) is 0 Å². The predicted molar refractivity (Wildman–Crippen MR) is 303 cm³/mol. The molecule has 0 fully saturated rings. The van der Waals surface area contributed by atoms with Crippen molar-refractivity contribution in [1.82, 2.24) is 0 Å². The summed E-state index contributed by atoms with van der Waals surface area (Å²) in [5, 5.41) is 11.0. The van der Waals surface area contributed by atoms with Crippen LogP contribution in [0.4, 0.5) is 28.4 Å². The summed E-state index contributed by atoms with van der Waals surface area (Å²) < 4.78 is 21.5. The molecule has 0 spiro atoms. The van der Waals surface area contributed by atoms with E-state index in [9.17, 15) is 0 Å². The molecule has 0 atom stereocenters. The molecule has 0 aliphatic heterocycles. The molecule has 14 aromatic rings. The summed E-state index contributed by atoms with van der Waals surface area (Å²) in [5.41, 5.74) is 15.6. The van der Waals surface area contributed by atoms with Crippen molar-refractivity contribution in [2.45, 2.75) is 12.8 Å². The molecule has 0 amide bonds. The number of benzene rings is 11. The fourth-order valence-electron chi connectivity index (χ4n) is 11.7. The van der Waals surface area contributed by atoms with E-state index >= 15 is 0 Å². The van der Waals surface area contributed by atoms with Gasteiger partial charge in [0.15, 0.2) is 11.0 Å². The Labute approximate surface area is 420 Å². The molecule has 1 aliphatic rings. The Bertz CT molecular complexity index is 4610. The lowest BCUT2D eigenvalue weighted by Crippen LogP contribution is -2.33. The van der Waals surface area contributed by atoms with E-state index in [1.807, 2.05) is 0 Å². The molecule has 344 valence electrons. The van der Waals surface area contributed by atoms with E-state index in [4.69, 9.17) is 13.3 Å². The molecule has 73 heavy (non-hydrogen) atoms. The first kappa shape index (κ1) is 41.2. The number of furan rings is 3. The maximum absolute atomic E-state index is 7.31. The zero-order valence-corrected chi connectivity index (χ0v) is 39.6. The first-order valence-corrected chi connectivity index (χ1v) is 25.1. The van der Waals surface area contributed by atoms with E-state index in [1.165, 1.54) is 0 Å². The second-order valence-corrected chi connectivity index (χ2v) is 19.0. The number of nitrogens with zero attached hydrogens (tertiary/aromatic N) is 2. The zero-order chi connectivity index (χ0) is 48.0. The highest BCUT2D eigenvalue weighted by atomic mass is 16.3.